The largest absolute Gasteiger partial charge is 0.236 e. The molecule has 0 aromatic carbocycles. The molecule has 0 spiro atoms. The van der Waals surface area contributed by atoms with Crippen LogP contribution in [0.5, 0.6) is 0 Å². The summed E-state index contributed by atoms with van der Waals surface area (Å²) in [4.78, 5) is 12.7. The molecular weight excluding hydrogens is 206 g/mol. The zero-order chi connectivity index (χ0) is 10.8. The number of rotatable bonds is 2. The number of aromatic nitrogens is 3. The maximum absolute atomic E-state index is 4.30. The summed E-state index contributed by atoms with van der Waals surface area (Å²) in [6, 6.07) is 2.09. The van der Waals surface area contributed by atoms with Gasteiger partial charge in [0.2, 0.25) is 0 Å². The van der Waals surface area contributed by atoms with Crippen molar-refractivity contribution in [2.45, 2.75) is 31.0 Å². The topological polar surface area (TPSA) is 38.7 Å². The van der Waals surface area contributed by atoms with E-state index in [1.165, 1.54) is 0 Å². The molecular formula is C11H13N3S. The molecule has 0 atom stereocenters. The molecule has 15 heavy (non-hydrogen) atoms. The number of fused-ring (bicyclic) bond motifs is 1. The van der Waals surface area contributed by atoms with Crippen LogP contribution in [0.25, 0.3) is 11.0 Å². The molecule has 2 aromatic rings. The molecule has 0 aliphatic heterocycles. The molecule has 0 bridgehead atoms. The van der Waals surface area contributed by atoms with Gasteiger partial charge in [-0.15, -0.1) is 11.8 Å². The highest BCUT2D eigenvalue weighted by Gasteiger charge is 2.07. The molecule has 0 radical (unpaired) electrons. The normalized spacial score (nSPS) is 11.2. The zero-order valence-corrected chi connectivity index (χ0v) is 9.88. The third kappa shape index (κ3) is 2.26. The summed E-state index contributed by atoms with van der Waals surface area (Å²) in [6.07, 6.45) is 3.41. The predicted molar refractivity (Wildman–Crippen MR) is 63.1 cm³/mol. The molecule has 0 fully saturated rings. The van der Waals surface area contributed by atoms with Crippen LogP contribution in [0.2, 0.25) is 0 Å². The molecule has 0 amide bonds. The van der Waals surface area contributed by atoms with Crippen molar-refractivity contribution >= 4 is 22.8 Å². The van der Waals surface area contributed by atoms with Crippen molar-refractivity contribution < 1.29 is 0 Å². The van der Waals surface area contributed by atoms with E-state index in [4.69, 9.17) is 0 Å². The summed E-state index contributed by atoms with van der Waals surface area (Å²) in [6.45, 7) is 6.34. The first-order chi connectivity index (χ1) is 7.16. The van der Waals surface area contributed by atoms with E-state index in [9.17, 15) is 0 Å². The van der Waals surface area contributed by atoms with Crippen LogP contribution in [-0.2, 0) is 0 Å². The van der Waals surface area contributed by atoms with Gasteiger partial charge in [0.05, 0.1) is 5.39 Å². The van der Waals surface area contributed by atoms with Crippen LogP contribution in [0.3, 0.4) is 0 Å². The second-order valence-corrected chi connectivity index (χ2v) is 5.29. The van der Waals surface area contributed by atoms with Crippen LogP contribution in [-0.4, -0.2) is 20.2 Å². The minimum Gasteiger partial charge on any atom is -0.236 e. The van der Waals surface area contributed by atoms with Gasteiger partial charge in [0, 0.05) is 11.4 Å². The number of hydrogen-bond donors (Lipinski definition) is 0. The van der Waals surface area contributed by atoms with E-state index in [1.54, 1.807) is 18.1 Å². The Balaban J connectivity index is 2.58. The average molecular weight is 219 g/mol. The van der Waals surface area contributed by atoms with E-state index in [2.05, 4.69) is 34.9 Å². The van der Waals surface area contributed by atoms with Crippen LogP contribution >= 0.6 is 11.8 Å². The minimum atomic E-state index is 0.517. The van der Waals surface area contributed by atoms with Gasteiger partial charge in [-0.25, -0.2) is 15.0 Å². The first-order valence-corrected chi connectivity index (χ1v) is 5.79. The summed E-state index contributed by atoms with van der Waals surface area (Å²) in [5, 5.41) is 2.59. The number of pyridine rings is 1. The quantitative estimate of drug-likeness (QED) is 0.575. The van der Waals surface area contributed by atoms with Gasteiger partial charge < -0.3 is 0 Å². The number of aryl methyl sites for hydroxylation is 1. The van der Waals surface area contributed by atoms with Gasteiger partial charge in [-0.2, -0.15) is 0 Å². The Kier molecular flexibility index (Phi) is 2.86. The van der Waals surface area contributed by atoms with Crippen molar-refractivity contribution in [2.24, 2.45) is 0 Å². The molecule has 2 aromatic heterocycles. The van der Waals surface area contributed by atoms with Crippen LogP contribution in [0.15, 0.2) is 23.6 Å². The third-order valence-corrected chi connectivity index (χ3v) is 2.96. The van der Waals surface area contributed by atoms with Gasteiger partial charge >= 0.3 is 0 Å². The van der Waals surface area contributed by atoms with Crippen LogP contribution in [0, 0.1) is 6.92 Å². The lowest BCUT2D eigenvalue weighted by molar-refractivity contribution is 1.05. The Hall–Kier alpha value is -1.16. The van der Waals surface area contributed by atoms with Crippen LogP contribution in [0.4, 0.5) is 0 Å². The van der Waals surface area contributed by atoms with E-state index in [0.29, 0.717) is 5.25 Å². The smallest absolute Gasteiger partial charge is 0.163 e. The Morgan fingerprint density at radius 1 is 1.20 bits per heavy atom. The molecule has 0 N–H and O–H groups in total. The average Bonchev–Trinajstić information content (AvgIpc) is 2.18. The van der Waals surface area contributed by atoms with Crippen molar-refractivity contribution in [2.75, 3.05) is 0 Å². The maximum Gasteiger partial charge on any atom is 0.163 e. The van der Waals surface area contributed by atoms with Gasteiger partial charge in [0.15, 0.2) is 5.65 Å². The standard InChI is InChI=1S/C11H13N3S/c1-7(2)15-11-9-4-8(3)5-12-10(9)13-6-14-11/h4-7H,1-3H3. The lowest BCUT2D eigenvalue weighted by atomic mass is 10.2. The Labute approximate surface area is 93.4 Å². The lowest BCUT2D eigenvalue weighted by Gasteiger charge is -2.06. The van der Waals surface area contributed by atoms with Crippen molar-refractivity contribution in [1.82, 2.24) is 15.0 Å². The van der Waals surface area contributed by atoms with E-state index in [-0.39, 0.29) is 0 Å². The summed E-state index contributed by atoms with van der Waals surface area (Å²) >= 11 is 1.75. The minimum absolute atomic E-state index is 0.517. The Morgan fingerprint density at radius 2 is 2.00 bits per heavy atom. The fraction of sp³-hybridized carbons (Fsp3) is 0.364. The van der Waals surface area contributed by atoms with Crippen molar-refractivity contribution in [3.63, 3.8) is 0 Å². The zero-order valence-electron chi connectivity index (χ0n) is 9.06. The monoisotopic (exact) mass is 219 g/mol. The van der Waals surface area contributed by atoms with Gasteiger partial charge in [-0.1, -0.05) is 13.8 Å². The highest BCUT2D eigenvalue weighted by atomic mass is 32.2. The predicted octanol–water partition coefficient (Wildman–Crippen LogP) is 2.83. The Morgan fingerprint density at radius 3 is 2.73 bits per heavy atom. The Bertz CT molecular complexity index is 482. The van der Waals surface area contributed by atoms with Crippen molar-refractivity contribution in [1.29, 1.82) is 0 Å². The molecule has 78 valence electrons. The van der Waals surface area contributed by atoms with Gasteiger partial charge in [-0.05, 0) is 18.6 Å². The second-order valence-electron chi connectivity index (χ2n) is 3.73. The molecule has 0 unspecified atom stereocenters. The number of nitrogens with zero attached hydrogens (tertiary/aromatic N) is 3. The molecule has 0 aliphatic rings. The van der Waals surface area contributed by atoms with Gasteiger partial charge in [0.25, 0.3) is 0 Å². The summed E-state index contributed by atoms with van der Waals surface area (Å²) in [7, 11) is 0. The highest BCUT2D eigenvalue weighted by Crippen LogP contribution is 2.26. The second kappa shape index (κ2) is 4.14. The fourth-order valence-corrected chi connectivity index (χ4v) is 2.18. The first-order valence-electron chi connectivity index (χ1n) is 4.91. The van der Waals surface area contributed by atoms with E-state index < -0.39 is 0 Å². The van der Waals surface area contributed by atoms with Crippen LogP contribution in [0.1, 0.15) is 19.4 Å². The summed E-state index contributed by atoms with van der Waals surface area (Å²) < 4.78 is 0. The van der Waals surface area contributed by atoms with E-state index in [0.717, 1.165) is 21.6 Å². The number of hydrogen-bond acceptors (Lipinski definition) is 4. The third-order valence-electron chi connectivity index (χ3n) is 1.94. The van der Waals surface area contributed by atoms with Crippen LogP contribution < -0.4 is 0 Å². The summed E-state index contributed by atoms with van der Waals surface area (Å²) in [5.41, 5.74) is 1.92. The van der Waals surface area contributed by atoms with E-state index >= 15 is 0 Å². The van der Waals surface area contributed by atoms with Gasteiger partial charge in [0.1, 0.15) is 11.4 Å². The van der Waals surface area contributed by atoms with Gasteiger partial charge in [-0.3, -0.25) is 0 Å². The fourth-order valence-electron chi connectivity index (χ4n) is 1.34. The SMILES string of the molecule is Cc1cnc2ncnc(SC(C)C)c2c1. The molecule has 0 saturated carbocycles. The lowest BCUT2D eigenvalue weighted by Crippen LogP contribution is -1.93. The molecule has 2 rings (SSSR count). The highest BCUT2D eigenvalue weighted by molar-refractivity contribution is 8.00. The molecule has 4 heteroatoms. The molecule has 0 saturated heterocycles. The molecule has 2 heterocycles. The summed E-state index contributed by atoms with van der Waals surface area (Å²) in [5.74, 6) is 0. The first kappa shape index (κ1) is 10.4. The number of thioether (sulfide) groups is 1. The molecule has 3 nitrogen and oxygen atoms in total. The maximum atomic E-state index is 4.30. The van der Waals surface area contributed by atoms with Crippen molar-refractivity contribution in [3.8, 4) is 0 Å². The molecule has 0 aliphatic carbocycles. The van der Waals surface area contributed by atoms with Crippen molar-refractivity contribution in [3.05, 3.63) is 24.2 Å². The van der Waals surface area contributed by atoms with E-state index in [1.807, 2.05) is 13.1 Å².